The summed E-state index contributed by atoms with van der Waals surface area (Å²) < 4.78 is 5.89. The van der Waals surface area contributed by atoms with Crippen LogP contribution in [0, 0.1) is 0 Å². The molecule has 1 aromatic heterocycles. The van der Waals surface area contributed by atoms with Crippen molar-refractivity contribution in [3.05, 3.63) is 66.2 Å². The second kappa shape index (κ2) is 8.58. The molecule has 0 radical (unpaired) electrons. The number of nitrogens with one attached hydrogen (secondary N) is 1. The van der Waals surface area contributed by atoms with E-state index >= 15 is 0 Å². The predicted molar refractivity (Wildman–Crippen MR) is 109 cm³/mol. The summed E-state index contributed by atoms with van der Waals surface area (Å²) in [6, 6.07) is 19.9. The van der Waals surface area contributed by atoms with E-state index in [2.05, 4.69) is 27.4 Å². The van der Waals surface area contributed by atoms with Crippen molar-refractivity contribution in [2.75, 3.05) is 30.6 Å². The Kier molecular flexibility index (Phi) is 5.96. The van der Waals surface area contributed by atoms with Crippen molar-refractivity contribution in [2.24, 2.45) is 0 Å². The lowest BCUT2D eigenvalue weighted by atomic mass is 10.2. The molecular formula is C20H22N4OS. The molecule has 26 heavy (non-hydrogen) atoms. The molecule has 1 N–H and O–H groups in total. The van der Waals surface area contributed by atoms with Crippen LogP contribution in [0.5, 0.6) is 5.75 Å². The maximum absolute atomic E-state index is 5.89. The van der Waals surface area contributed by atoms with Gasteiger partial charge >= 0.3 is 0 Å². The number of hydrogen-bond donors (Lipinski definition) is 1. The molecule has 0 unspecified atom stereocenters. The Hall–Kier alpha value is -2.73. The van der Waals surface area contributed by atoms with E-state index in [1.54, 1.807) is 0 Å². The van der Waals surface area contributed by atoms with Crippen LogP contribution in [0.4, 0.5) is 17.3 Å². The van der Waals surface area contributed by atoms with Crippen molar-refractivity contribution in [3.8, 4) is 5.75 Å². The van der Waals surface area contributed by atoms with Gasteiger partial charge in [0.2, 0.25) is 0 Å². The van der Waals surface area contributed by atoms with Crippen LogP contribution >= 0.6 is 11.8 Å². The highest BCUT2D eigenvalue weighted by molar-refractivity contribution is 7.98. The molecule has 0 bridgehead atoms. The van der Waals surface area contributed by atoms with Gasteiger partial charge in [-0.3, -0.25) is 0 Å². The lowest BCUT2D eigenvalue weighted by Gasteiger charge is -2.14. The molecule has 5 nitrogen and oxygen atoms in total. The second-order valence-electron chi connectivity index (χ2n) is 5.92. The lowest BCUT2D eigenvalue weighted by Crippen LogP contribution is -2.12. The maximum Gasteiger partial charge on any atom is 0.191 e. The summed E-state index contributed by atoms with van der Waals surface area (Å²) in [5.74, 6) is 2.43. The fourth-order valence-electron chi connectivity index (χ4n) is 2.35. The summed E-state index contributed by atoms with van der Waals surface area (Å²) in [7, 11) is 3.93. The molecule has 3 aromatic rings. The van der Waals surface area contributed by atoms with Crippen LogP contribution in [0.1, 0.15) is 5.56 Å². The summed E-state index contributed by atoms with van der Waals surface area (Å²) in [5, 5.41) is 4.07. The number of hydrogen-bond acceptors (Lipinski definition) is 6. The molecule has 1 heterocycles. The van der Waals surface area contributed by atoms with Crippen LogP contribution in [0.3, 0.4) is 0 Å². The van der Waals surface area contributed by atoms with Crippen LogP contribution in [0.15, 0.2) is 65.8 Å². The molecule has 0 aliphatic heterocycles. The molecule has 0 saturated heterocycles. The maximum atomic E-state index is 5.89. The van der Waals surface area contributed by atoms with Crippen LogP contribution in [0.25, 0.3) is 0 Å². The average molecular weight is 366 g/mol. The van der Waals surface area contributed by atoms with Gasteiger partial charge in [0.1, 0.15) is 24.0 Å². The molecule has 0 saturated carbocycles. The zero-order valence-electron chi connectivity index (χ0n) is 15.1. The molecule has 0 aliphatic rings. The highest BCUT2D eigenvalue weighted by Crippen LogP contribution is 2.24. The number of anilines is 3. The molecule has 2 aromatic carbocycles. The van der Waals surface area contributed by atoms with Gasteiger partial charge in [0, 0.05) is 31.9 Å². The Morgan fingerprint density at radius 3 is 2.54 bits per heavy atom. The largest absolute Gasteiger partial charge is 0.489 e. The molecular weight excluding hydrogens is 344 g/mol. The Balaban J connectivity index is 1.73. The summed E-state index contributed by atoms with van der Waals surface area (Å²) in [5.41, 5.74) is 2.06. The van der Waals surface area contributed by atoms with Gasteiger partial charge in [-0.05, 0) is 24.0 Å². The van der Waals surface area contributed by atoms with E-state index in [1.807, 2.05) is 73.8 Å². The summed E-state index contributed by atoms with van der Waals surface area (Å²) in [4.78, 5) is 11.0. The first-order chi connectivity index (χ1) is 12.6. The van der Waals surface area contributed by atoms with Gasteiger partial charge in [-0.1, -0.05) is 48.2 Å². The molecule has 0 spiro atoms. The minimum Gasteiger partial charge on any atom is -0.489 e. The fourth-order valence-corrected chi connectivity index (χ4v) is 2.72. The number of thioether (sulfide) groups is 1. The molecule has 3 rings (SSSR count). The van der Waals surface area contributed by atoms with Crippen LogP contribution < -0.4 is 15.0 Å². The van der Waals surface area contributed by atoms with Gasteiger partial charge in [0.05, 0.1) is 0 Å². The third kappa shape index (κ3) is 4.89. The Labute approximate surface area is 158 Å². The lowest BCUT2D eigenvalue weighted by molar-refractivity contribution is 0.306. The highest BCUT2D eigenvalue weighted by atomic mass is 32.2. The predicted octanol–water partition coefficient (Wildman–Crippen LogP) is 4.59. The van der Waals surface area contributed by atoms with Crippen molar-refractivity contribution < 1.29 is 4.74 Å². The van der Waals surface area contributed by atoms with Gasteiger partial charge in [0.25, 0.3) is 0 Å². The van der Waals surface area contributed by atoms with Crippen molar-refractivity contribution in [1.82, 2.24) is 9.97 Å². The van der Waals surface area contributed by atoms with Crippen molar-refractivity contribution in [3.63, 3.8) is 0 Å². The minimum atomic E-state index is 0.541. The van der Waals surface area contributed by atoms with Crippen molar-refractivity contribution in [1.29, 1.82) is 0 Å². The van der Waals surface area contributed by atoms with Crippen molar-refractivity contribution in [2.45, 2.75) is 11.8 Å². The van der Waals surface area contributed by atoms with Gasteiger partial charge in [-0.25, -0.2) is 9.97 Å². The topological polar surface area (TPSA) is 50.3 Å². The molecule has 0 fully saturated rings. The zero-order valence-corrected chi connectivity index (χ0v) is 16.0. The van der Waals surface area contributed by atoms with Crippen LogP contribution in [-0.4, -0.2) is 30.3 Å². The number of nitrogens with zero attached hydrogens (tertiary/aromatic N) is 3. The zero-order chi connectivity index (χ0) is 18.4. The second-order valence-corrected chi connectivity index (χ2v) is 6.69. The Bertz CT molecular complexity index is 855. The Morgan fingerprint density at radius 1 is 1.00 bits per heavy atom. The highest BCUT2D eigenvalue weighted by Gasteiger charge is 2.07. The van der Waals surface area contributed by atoms with E-state index in [9.17, 15) is 0 Å². The van der Waals surface area contributed by atoms with E-state index in [0.29, 0.717) is 6.61 Å². The van der Waals surface area contributed by atoms with E-state index in [-0.39, 0.29) is 0 Å². The van der Waals surface area contributed by atoms with Gasteiger partial charge in [0.15, 0.2) is 5.16 Å². The standard InChI is InChI=1S/C20H22N4OS/c1-24(2)19-13-18(22-20(23-19)26-3)21-16-10-7-11-17(12-16)25-14-15-8-5-4-6-9-15/h4-13H,14H2,1-3H3,(H,21,22,23). The normalized spacial score (nSPS) is 10.4. The van der Waals surface area contributed by atoms with Crippen LogP contribution in [0.2, 0.25) is 0 Å². The first-order valence-electron chi connectivity index (χ1n) is 8.28. The number of rotatable bonds is 7. The van der Waals surface area contributed by atoms with Crippen molar-refractivity contribution >= 4 is 29.1 Å². The molecule has 6 heteroatoms. The first kappa shape index (κ1) is 18.1. The average Bonchev–Trinajstić information content (AvgIpc) is 2.67. The minimum absolute atomic E-state index is 0.541. The monoisotopic (exact) mass is 366 g/mol. The molecule has 0 aliphatic carbocycles. The molecule has 0 atom stereocenters. The number of benzene rings is 2. The van der Waals surface area contributed by atoms with Crippen LogP contribution in [-0.2, 0) is 6.61 Å². The smallest absolute Gasteiger partial charge is 0.191 e. The summed E-state index contributed by atoms with van der Waals surface area (Å²) >= 11 is 1.52. The third-order valence-electron chi connectivity index (χ3n) is 3.69. The van der Waals surface area contributed by atoms with E-state index < -0.39 is 0 Å². The number of aromatic nitrogens is 2. The third-order valence-corrected chi connectivity index (χ3v) is 4.24. The first-order valence-corrected chi connectivity index (χ1v) is 9.51. The van der Waals surface area contributed by atoms with E-state index in [1.165, 1.54) is 11.8 Å². The SMILES string of the molecule is CSc1nc(Nc2cccc(OCc3ccccc3)c2)cc(N(C)C)n1. The summed E-state index contributed by atoms with van der Waals surface area (Å²) in [6.07, 6.45) is 1.97. The number of ether oxygens (including phenoxy) is 1. The molecule has 134 valence electrons. The molecule has 0 amide bonds. The van der Waals surface area contributed by atoms with Gasteiger partial charge < -0.3 is 15.0 Å². The fraction of sp³-hybridized carbons (Fsp3) is 0.200. The Morgan fingerprint density at radius 2 is 1.81 bits per heavy atom. The van der Waals surface area contributed by atoms with E-state index in [4.69, 9.17) is 4.74 Å². The van der Waals surface area contributed by atoms with Gasteiger partial charge in [-0.15, -0.1) is 0 Å². The summed E-state index contributed by atoms with van der Waals surface area (Å²) in [6.45, 7) is 0.541. The quantitative estimate of drug-likeness (QED) is 0.488. The van der Waals surface area contributed by atoms with E-state index in [0.717, 1.165) is 33.8 Å². The van der Waals surface area contributed by atoms with Gasteiger partial charge in [-0.2, -0.15) is 0 Å².